The largest absolute Gasteiger partial charge is 0.497 e. The van der Waals surface area contributed by atoms with Gasteiger partial charge in [-0.2, -0.15) is 5.26 Å². The predicted octanol–water partition coefficient (Wildman–Crippen LogP) is 3.53. The Morgan fingerprint density at radius 2 is 1.96 bits per heavy atom. The molecule has 0 spiro atoms. The number of benzene rings is 2. The van der Waals surface area contributed by atoms with Crippen LogP contribution in [0.3, 0.4) is 0 Å². The maximum Gasteiger partial charge on any atom is 0.263 e. The summed E-state index contributed by atoms with van der Waals surface area (Å²) in [7, 11) is 1.61. The molecule has 2 aromatic rings. The highest BCUT2D eigenvalue weighted by Gasteiger charge is 2.08. The molecule has 0 aliphatic heterocycles. The first kappa shape index (κ1) is 18.4. The summed E-state index contributed by atoms with van der Waals surface area (Å²) in [6.45, 7) is 0.427. The Balaban J connectivity index is 1.88. The predicted molar refractivity (Wildman–Crippen MR) is 98.5 cm³/mol. The third kappa shape index (κ3) is 5.55. The zero-order valence-corrected chi connectivity index (χ0v) is 14.5. The molecule has 2 N–H and O–H groups in total. The summed E-state index contributed by atoms with van der Waals surface area (Å²) in [5, 5.41) is 15.3. The number of para-hydroxylation sites is 1. The van der Waals surface area contributed by atoms with Gasteiger partial charge in [-0.05, 0) is 36.2 Å². The highest BCUT2D eigenvalue weighted by molar-refractivity contribution is 6.33. The normalized spacial score (nSPS) is 10.7. The smallest absolute Gasteiger partial charge is 0.263 e. The van der Waals surface area contributed by atoms with E-state index in [2.05, 4.69) is 10.6 Å². The van der Waals surface area contributed by atoms with Crippen molar-refractivity contribution in [2.75, 3.05) is 19.0 Å². The minimum Gasteiger partial charge on any atom is -0.497 e. The third-order valence-corrected chi connectivity index (χ3v) is 3.80. The lowest BCUT2D eigenvalue weighted by atomic mass is 10.1. The first-order valence-corrected chi connectivity index (χ1v) is 8.04. The van der Waals surface area contributed by atoms with Gasteiger partial charge in [0.25, 0.3) is 5.91 Å². The van der Waals surface area contributed by atoms with Gasteiger partial charge in [-0.25, -0.2) is 0 Å². The van der Waals surface area contributed by atoms with Crippen LogP contribution in [-0.4, -0.2) is 19.6 Å². The Labute approximate surface area is 151 Å². The molecule has 2 aromatic carbocycles. The lowest BCUT2D eigenvalue weighted by Gasteiger charge is -2.07. The molecule has 0 atom stereocenters. The third-order valence-electron chi connectivity index (χ3n) is 3.47. The summed E-state index contributed by atoms with van der Waals surface area (Å²) in [5.41, 5.74) is 1.68. The summed E-state index contributed by atoms with van der Waals surface area (Å²) in [6.07, 6.45) is 2.01. The van der Waals surface area contributed by atoms with Crippen molar-refractivity contribution in [3.8, 4) is 11.8 Å². The molecule has 0 saturated carbocycles. The molecule has 0 radical (unpaired) electrons. The topological polar surface area (TPSA) is 74.1 Å². The second kappa shape index (κ2) is 9.36. The summed E-state index contributed by atoms with van der Waals surface area (Å²) >= 11 is 6.02. The highest BCUT2D eigenvalue weighted by Crippen LogP contribution is 2.20. The van der Waals surface area contributed by atoms with Gasteiger partial charge in [-0.15, -0.1) is 0 Å². The first-order chi connectivity index (χ1) is 12.1. The number of carbonyl (C=O) groups is 1. The number of hydrogen-bond acceptors (Lipinski definition) is 4. The summed E-state index contributed by atoms with van der Waals surface area (Å²) in [5.74, 6) is 0.351. The molecular weight excluding hydrogens is 338 g/mol. The molecule has 0 unspecified atom stereocenters. The molecule has 0 aromatic heterocycles. The second-order valence-corrected chi connectivity index (χ2v) is 5.56. The molecule has 128 valence electrons. The summed E-state index contributed by atoms with van der Waals surface area (Å²) in [6, 6.07) is 16.6. The number of anilines is 1. The van der Waals surface area contributed by atoms with Crippen molar-refractivity contribution in [2.24, 2.45) is 0 Å². The molecule has 0 bridgehead atoms. The average molecular weight is 356 g/mol. The van der Waals surface area contributed by atoms with E-state index < -0.39 is 5.91 Å². The van der Waals surface area contributed by atoms with Crippen molar-refractivity contribution in [1.29, 1.82) is 5.26 Å². The van der Waals surface area contributed by atoms with Crippen LogP contribution in [0.4, 0.5) is 5.69 Å². The Kier molecular flexibility index (Phi) is 6.87. The van der Waals surface area contributed by atoms with Crippen LogP contribution in [0.1, 0.15) is 5.56 Å². The minimum atomic E-state index is -0.435. The number of nitrogens with one attached hydrogen (secondary N) is 2. The lowest BCUT2D eigenvalue weighted by molar-refractivity contribution is -0.117. The molecule has 0 fully saturated rings. The van der Waals surface area contributed by atoms with Gasteiger partial charge in [-0.1, -0.05) is 35.9 Å². The van der Waals surface area contributed by atoms with Gasteiger partial charge < -0.3 is 15.4 Å². The molecule has 25 heavy (non-hydrogen) atoms. The maximum absolute atomic E-state index is 12.1. The van der Waals surface area contributed by atoms with E-state index in [9.17, 15) is 4.79 Å². The number of nitrogens with zero attached hydrogens (tertiary/aromatic N) is 1. The lowest BCUT2D eigenvalue weighted by Crippen LogP contribution is -2.27. The van der Waals surface area contributed by atoms with E-state index in [1.807, 2.05) is 36.4 Å². The Morgan fingerprint density at radius 3 is 2.60 bits per heavy atom. The van der Waals surface area contributed by atoms with Crippen LogP contribution in [0.15, 0.2) is 60.3 Å². The van der Waals surface area contributed by atoms with Gasteiger partial charge in [-0.3, -0.25) is 4.79 Å². The van der Waals surface area contributed by atoms with Crippen molar-refractivity contribution < 1.29 is 9.53 Å². The fourth-order valence-corrected chi connectivity index (χ4v) is 2.27. The van der Waals surface area contributed by atoms with Crippen LogP contribution in [0, 0.1) is 11.3 Å². The van der Waals surface area contributed by atoms with E-state index >= 15 is 0 Å². The SMILES string of the molecule is COc1ccc(CCNC(=O)/C(C#N)=C\Nc2ccccc2Cl)cc1. The van der Waals surface area contributed by atoms with E-state index in [4.69, 9.17) is 21.6 Å². The quantitative estimate of drug-likeness (QED) is 0.588. The number of halogens is 1. The van der Waals surface area contributed by atoms with Gasteiger partial charge in [0.15, 0.2) is 0 Å². The van der Waals surface area contributed by atoms with E-state index in [-0.39, 0.29) is 5.57 Å². The fourth-order valence-electron chi connectivity index (χ4n) is 2.08. The molecular formula is C19H18ClN3O2. The van der Waals surface area contributed by atoms with Crippen LogP contribution >= 0.6 is 11.6 Å². The zero-order valence-electron chi connectivity index (χ0n) is 13.8. The number of ether oxygens (including phenoxy) is 1. The van der Waals surface area contributed by atoms with Gasteiger partial charge >= 0.3 is 0 Å². The number of nitriles is 1. The Hall–Kier alpha value is -2.97. The molecule has 0 aliphatic rings. The van der Waals surface area contributed by atoms with E-state index in [1.165, 1.54) is 6.20 Å². The highest BCUT2D eigenvalue weighted by atomic mass is 35.5. The van der Waals surface area contributed by atoms with Crippen LogP contribution in [0.2, 0.25) is 5.02 Å². The average Bonchev–Trinajstić information content (AvgIpc) is 2.64. The van der Waals surface area contributed by atoms with Gasteiger partial charge in [0.05, 0.1) is 17.8 Å². The molecule has 1 amide bonds. The van der Waals surface area contributed by atoms with Crippen molar-refractivity contribution in [3.63, 3.8) is 0 Å². The van der Waals surface area contributed by atoms with Crippen LogP contribution in [0.5, 0.6) is 5.75 Å². The van der Waals surface area contributed by atoms with Gasteiger partial charge in [0.2, 0.25) is 0 Å². The number of hydrogen-bond donors (Lipinski definition) is 2. The standard InChI is InChI=1S/C19H18ClN3O2/c1-25-16-8-6-14(7-9-16)10-11-22-19(24)15(12-21)13-23-18-5-3-2-4-17(18)20/h2-9,13,23H,10-11H2,1H3,(H,22,24)/b15-13-. The Morgan fingerprint density at radius 1 is 1.24 bits per heavy atom. The molecule has 0 saturated heterocycles. The monoisotopic (exact) mass is 355 g/mol. The summed E-state index contributed by atoms with van der Waals surface area (Å²) in [4.78, 5) is 12.1. The maximum atomic E-state index is 12.1. The van der Waals surface area contributed by atoms with Gasteiger partial charge in [0.1, 0.15) is 17.4 Å². The molecule has 6 heteroatoms. The Bertz CT molecular complexity index is 795. The van der Waals surface area contributed by atoms with Crippen LogP contribution in [-0.2, 0) is 11.2 Å². The number of rotatable bonds is 7. The fraction of sp³-hybridized carbons (Fsp3) is 0.158. The molecule has 2 rings (SSSR count). The van der Waals surface area contributed by atoms with E-state index in [0.717, 1.165) is 11.3 Å². The molecule has 0 heterocycles. The second-order valence-electron chi connectivity index (χ2n) is 5.15. The van der Waals surface area contributed by atoms with Crippen molar-refractivity contribution in [3.05, 3.63) is 70.9 Å². The molecule has 0 aliphatic carbocycles. The van der Waals surface area contributed by atoms with Crippen molar-refractivity contribution in [2.45, 2.75) is 6.42 Å². The van der Waals surface area contributed by atoms with E-state index in [1.54, 1.807) is 25.3 Å². The number of amides is 1. The number of carbonyl (C=O) groups excluding carboxylic acids is 1. The van der Waals surface area contributed by atoms with Crippen molar-refractivity contribution >= 4 is 23.2 Å². The first-order valence-electron chi connectivity index (χ1n) is 7.66. The van der Waals surface area contributed by atoms with Crippen LogP contribution < -0.4 is 15.4 Å². The van der Waals surface area contributed by atoms with E-state index in [0.29, 0.717) is 23.7 Å². The molecule has 5 nitrogen and oxygen atoms in total. The number of methoxy groups -OCH3 is 1. The van der Waals surface area contributed by atoms with Crippen LogP contribution in [0.25, 0.3) is 0 Å². The van der Waals surface area contributed by atoms with Crippen molar-refractivity contribution in [1.82, 2.24) is 5.32 Å². The zero-order chi connectivity index (χ0) is 18.1. The minimum absolute atomic E-state index is 0.0188. The summed E-state index contributed by atoms with van der Waals surface area (Å²) < 4.78 is 5.10. The van der Waals surface area contributed by atoms with Gasteiger partial charge in [0, 0.05) is 12.7 Å².